The summed E-state index contributed by atoms with van der Waals surface area (Å²) < 4.78 is 7.09. The van der Waals surface area contributed by atoms with Crippen LogP contribution in [0.1, 0.15) is 32.8 Å². The zero-order valence-electron chi connectivity index (χ0n) is 14.4. The lowest BCUT2D eigenvalue weighted by Gasteiger charge is -2.18. The topological polar surface area (TPSA) is 39.1 Å². The van der Waals surface area contributed by atoms with Crippen LogP contribution in [0.2, 0.25) is 5.02 Å². The number of nitrogens with zero attached hydrogens (tertiary/aromatic N) is 2. The van der Waals surface area contributed by atoms with Crippen molar-refractivity contribution in [3.8, 4) is 11.3 Å². The lowest BCUT2D eigenvalue weighted by molar-refractivity contribution is 0.194. The van der Waals surface area contributed by atoms with E-state index >= 15 is 0 Å². The van der Waals surface area contributed by atoms with Crippen molar-refractivity contribution in [3.63, 3.8) is 0 Å². The molecular formula is C18H26ClN3O. The fraction of sp³-hybridized carbons (Fsp3) is 0.500. The molecule has 0 fully saturated rings. The fourth-order valence-corrected chi connectivity index (χ4v) is 2.55. The summed E-state index contributed by atoms with van der Waals surface area (Å²) in [5.74, 6) is 0. The Kier molecular flexibility index (Phi) is 6.22. The molecule has 126 valence electrons. The number of halogens is 1. The van der Waals surface area contributed by atoms with Gasteiger partial charge in [-0.1, -0.05) is 29.8 Å². The minimum Gasteiger partial charge on any atom is -0.385 e. The number of hydrogen-bond acceptors (Lipinski definition) is 3. The van der Waals surface area contributed by atoms with Crippen LogP contribution in [0.3, 0.4) is 0 Å². The number of rotatable bonds is 7. The van der Waals surface area contributed by atoms with Crippen molar-refractivity contribution >= 4 is 11.6 Å². The largest absolute Gasteiger partial charge is 0.385 e. The molecule has 1 heterocycles. The molecule has 0 aliphatic rings. The first-order chi connectivity index (χ1) is 10.9. The van der Waals surface area contributed by atoms with E-state index in [0.29, 0.717) is 0 Å². The second kappa shape index (κ2) is 7.95. The Morgan fingerprint density at radius 3 is 2.65 bits per heavy atom. The van der Waals surface area contributed by atoms with Crippen LogP contribution in [0.5, 0.6) is 0 Å². The highest BCUT2D eigenvalue weighted by Gasteiger charge is 2.19. The molecule has 0 bridgehead atoms. The number of methoxy groups -OCH3 is 1. The third kappa shape index (κ3) is 4.80. The second-order valence-electron chi connectivity index (χ2n) is 6.62. The lowest BCUT2D eigenvalue weighted by Crippen LogP contribution is -2.22. The molecule has 1 N–H and O–H groups in total. The van der Waals surface area contributed by atoms with Crippen LogP contribution in [0.25, 0.3) is 11.3 Å². The van der Waals surface area contributed by atoms with Crippen LogP contribution in [0, 0.1) is 0 Å². The second-order valence-corrected chi connectivity index (χ2v) is 7.03. The summed E-state index contributed by atoms with van der Waals surface area (Å²) in [6, 6.07) is 7.86. The van der Waals surface area contributed by atoms with E-state index in [9.17, 15) is 0 Å². The normalized spacial score (nSPS) is 11.9. The molecular weight excluding hydrogens is 310 g/mol. The maximum Gasteiger partial charge on any atom is 0.0983 e. The molecule has 0 unspecified atom stereocenters. The summed E-state index contributed by atoms with van der Waals surface area (Å²) >= 11 is 6.37. The van der Waals surface area contributed by atoms with Gasteiger partial charge in [0.05, 0.1) is 16.3 Å². The molecule has 2 rings (SSSR count). The summed E-state index contributed by atoms with van der Waals surface area (Å²) in [7, 11) is 1.73. The van der Waals surface area contributed by atoms with Crippen LogP contribution in [-0.2, 0) is 16.8 Å². The van der Waals surface area contributed by atoms with Gasteiger partial charge in [0.1, 0.15) is 0 Å². The number of aromatic nitrogens is 2. The summed E-state index contributed by atoms with van der Waals surface area (Å²) in [6.45, 7) is 8.88. The highest BCUT2D eigenvalue weighted by molar-refractivity contribution is 6.33. The molecule has 0 saturated carbocycles. The minimum absolute atomic E-state index is 0.0652. The van der Waals surface area contributed by atoms with Crippen LogP contribution in [-0.4, -0.2) is 30.0 Å². The molecule has 0 aliphatic carbocycles. The van der Waals surface area contributed by atoms with Crippen molar-refractivity contribution in [2.24, 2.45) is 0 Å². The van der Waals surface area contributed by atoms with Crippen molar-refractivity contribution in [1.29, 1.82) is 0 Å². The molecule has 5 heteroatoms. The first kappa shape index (κ1) is 18.0. The Bertz CT molecular complexity index is 631. The van der Waals surface area contributed by atoms with E-state index in [4.69, 9.17) is 21.4 Å². The summed E-state index contributed by atoms with van der Waals surface area (Å²) in [5.41, 5.74) is 3.02. The Morgan fingerprint density at radius 1 is 1.26 bits per heavy atom. The maximum atomic E-state index is 6.37. The van der Waals surface area contributed by atoms with Gasteiger partial charge in [0.25, 0.3) is 0 Å². The van der Waals surface area contributed by atoms with Gasteiger partial charge in [-0.2, -0.15) is 5.10 Å². The quantitative estimate of drug-likeness (QED) is 0.775. The molecule has 4 nitrogen and oxygen atoms in total. The van der Waals surface area contributed by atoms with Gasteiger partial charge in [0, 0.05) is 37.6 Å². The molecule has 0 radical (unpaired) electrons. The van der Waals surface area contributed by atoms with E-state index < -0.39 is 0 Å². The SMILES string of the molecule is COCCCNCc1cn(C(C)(C)C)nc1-c1ccccc1Cl. The molecule has 2 aromatic rings. The third-order valence-electron chi connectivity index (χ3n) is 3.62. The molecule has 1 aromatic heterocycles. The predicted octanol–water partition coefficient (Wildman–Crippen LogP) is 4.08. The van der Waals surface area contributed by atoms with E-state index in [2.05, 4.69) is 32.3 Å². The fourth-order valence-electron chi connectivity index (χ4n) is 2.33. The van der Waals surface area contributed by atoms with Gasteiger partial charge >= 0.3 is 0 Å². The Balaban J connectivity index is 2.25. The summed E-state index contributed by atoms with van der Waals surface area (Å²) in [5, 5.41) is 8.98. The smallest absolute Gasteiger partial charge is 0.0983 e. The molecule has 23 heavy (non-hydrogen) atoms. The third-order valence-corrected chi connectivity index (χ3v) is 3.95. The van der Waals surface area contributed by atoms with Gasteiger partial charge < -0.3 is 10.1 Å². The zero-order valence-corrected chi connectivity index (χ0v) is 15.2. The molecule has 0 spiro atoms. The number of benzene rings is 1. The summed E-state index contributed by atoms with van der Waals surface area (Å²) in [4.78, 5) is 0. The Hall–Kier alpha value is -1.36. The number of nitrogens with one attached hydrogen (secondary N) is 1. The number of hydrogen-bond donors (Lipinski definition) is 1. The molecule has 0 saturated heterocycles. The predicted molar refractivity (Wildman–Crippen MR) is 95.9 cm³/mol. The summed E-state index contributed by atoms with van der Waals surface area (Å²) in [6.07, 6.45) is 3.10. The lowest BCUT2D eigenvalue weighted by atomic mass is 10.1. The molecule has 0 aliphatic heterocycles. The Labute approximate surface area is 143 Å². The molecule has 1 aromatic carbocycles. The van der Waals surface area contributed by atoms with Crippen LogP contribution < -0.4 is 5.32 Å². The van der Waals surface area contributed by atoms with E-state index in [1.54, 1.807) is 7.11 Å². The van der Waals surface area contributed by atoms with Gasteiger partial charge in [-0.3, -0.25) is 4.68 Å². The van der Waals surface area contributed by atoms with Crippen LogP contribution >= 0.6 is 11.6 Å². The van der Waals surface area contributed by atoms with Gasteiger partial charge in [0.15, 0.2) is 0 Å². The Morgan fingerprint density at radius 2 is 2.00 bits per heavy atom. The average molecular weight is 336 g/mol. The van der Waals surface area contributed by atoms with Crippen molar-refractivity contribution in [2.45, 2.75) is 39.3 Å². The first-order valence-electron chi connectivity index (χ1n) is 7.97. The van der Waals surface area contributed by atoms with Gasteiger partial charge in [-0.15, -0.1) is 0 Å². The number of ether oxygens (including phenoxy) is 1. The van der Waals surface area contributed by atoms with E-state index in [1.807, 2.05) is 28.9 Å². The maximum absolute atomic E-state index is 6.37. The van der Waals surface area contributed by atoms with E-state index in [-0.39, 0.29) is 5.54 Å². The average Bonchev–Trinajstić information content (AvgIpc) is 2.92. The monoisotopic (exact) mass is 335 g/mol. The highest BCUT2D eigenvalue weighted by atomic mass is 35.5. The highest BCUT2D eigenvalue weighted by Crippen LogP contribution is 2.30. The van der Waals surface area contributed by atoms with Gasteiger partial charge in [-0.05, 0) is 39.8 Å². The van der Waals surface area contributed by atoms with Crippen molar-refractivity contribution in [3.05, 3.63) is 41.0 Å². The van der Waals surface area contributed by atoms with E-state index in [0.717, 1.165) is 48.0 Å². The van der Waals surface area contributed by atoms with Crippen LogP contribution in [0.15, 0.2) is 30.5 Å². The van der Waals surface area contributed by atoms with Crippen molar-refractivity contribution in [2.75, 3.05) is 20.3 Å². The minimum atomic E-state index is -0.0652. The van der Waals surface area contributed by atoms with Crippen molar-refractivity contribution in [1.82, 2.24) is 15.1 Å². The van der Waals surface area contributed by atoms with E-state index in [1.165, 1.54) is 0 Å². The van der Waals surface area contributed by atoms with Crippen LogP contribution in [0.4, 0.5) is 0 Å². The molecule has 0 amide bonds. The zero-order chi connectivity index (χ0) is 16.9. The molecule has 0 atom stereocenters. The van der Waals surface area contributed by atoms with Gasteiger partial charge in [-0.25, -0.2) is 0 Å². The van der Waals surface area contributed by atoms with Crippen molar-refractivity contribution < 1.29 is 4.74 Å². The standard InChI is InChI=1S/C18H26ClN3O/c1-18(2,3)22-13-14(12-20-10-7-11-23-4)17(21-22)15-8-5-6-9-16(15)19/h5-6,8-9,13,20H,7,10-12H2,1-4H3. The first-order valence-corrected chi connectivity index (χ1v) is 8.35. The van der Waals surface area contributed by atoms with Gasteiger partial charge in [0.2, 0.25) is 0 Å².